The average Bonchev–Trinajstić information content (AvgIpc) is 2.39. The fourth-order valence-electron chi connectivity index (χ4n) is 1.42. The van der Waals surface area contributed by atoms with Crippen LogP contribution >= 0.6 is 11.8 Å². The highest BCUT2D eigenvalue weighted by molar-refractivity contribution is 7.99. The molecule has 4 nitrogen and oxygen atoms in total. The molecule has 0 bridgehead atoms. The van der Waals surface area contributed by atoms with Crippen LogP contribution in [0.25, 0.3) is 0 Å². The topological polar surface area (TPSA) is 59.4 Å². The zero-order valence-corrected chi connectivity index (χ0v) is 10.5. The molecule has 0 unspecified atom stereocenters. The monoisotopic (exact) mass is 261 g/mol. The van der Waals surface area contributed by atoms with E-state index in [4.69, 9.17) is 9.84 Å². The molecular formula is C13H11NO3S. The van der Waals surface area contributed by atoms with Gasteiger partial charge in [-0.2, -0.15) is 0 Å². The van der Waals surface area contributed by atoms with Crippen LogP contribution in [0.1, 0.15) is 10.5 Å². The van der Waals surface area contributed by atoms with Gasteiger partial charge in [-0.15, -0.1) is 0 Å². The first-order chi connectivity index (χ1) is 8.70. The van der Waals surface area contributed by atoms with Crippen LogP contribution in [0.2, 0.25) is 0 Å². The van der Waals surface area contributed by atoms with Gasteiger partial charge >= 0.3 is 5.97 Å². The highest BCUT2D eigenvalue weighted by Gasteiger charge is 2.08. The largest absolute Gasteiger partial charge is 0.496 e. The molecule has 0 aliphatic carbocycles. The van der Waals surface area contributed by atoms with Gasteiger partial charge in [-0.1, -0.05) is 23.9 Å². The predicted molar refractivity (Wildman–Crippen MR) is 68.3 cm³/mol. The van der Waals surface area contributed by atoms with E-state index in [0.717, 1.165) is 15.5 Å². The molecule has 1 aromatic carbocycles. The van der Waals surface area contributed by atoms with Crippen molar-refractivity contribution in [2.24, 2.45) is 0 Å². The Kier molecular flexibility index (Phi) is 3.84. The van der Waals surface area contributed by atoms with Crippen molar-refractivity contribution >= 4 is 17.7 Å². The second-order valence-electron chi connectivity index (χ2n) is 3.43. The lowest BCUT2D eigenvalue weighted by Crippen LogP contribution is -1.99. The van der Waals surface area contributed by atoms with E-state index < -0.39 is 5.97 Å². The molecule has 0 spiro atoms. The number of methoxy groups -OCH3 is 1. The third-order valence-corrected chi connectivity index (χ3v) is 3.29. The summed E-state index contributed by atoms with van der Waals surface area (Å²) in [4.78, 5) is 16.4. The summed E-state index contributed by atoms with van der Waals surface area (Å²) in [6.07, 6.45) is 1.49. The Balaban J connectivity index is 2.28. The Morgan fingerprint density at radius 3 is 2.83 bits per heavy atom. The van der Waals surface area contributed by atoms with Crippen molar-refractivity contribution in [3.8, 4) is 5.75 Å². The number of pyridine rings is 1. The molecule has 92 valence electrons. The van der Waals surface area contributed by atoms with Gasteiger partial charge in [0.1, 0.15) is 11.4 Å². The second kappa shape index (κ2) is 5.55. The first-order valence-electron chi connectivity index (χ1n) is 5.21. The second-order valence-corrected chi connectivity index (χ2v) is 4.55. The Morgan fingerprint density at radius 1 is 1.33 bits per heavy atom. The number of carboxylic acid groups (broad SMARTS) is 1. The third-order valence-electron chi connectivity index (χ3n) is 2.25. The molecule has 1 N–H and O–H groups in total. The minimum atomic E-state index is -1.03. The molecule has 2 rings (SSSR count). The number of nitrogens with zero attached hydrogens (tertiary/aromatic N) is 1. The lowest BCUT2D eigenvalue weighted by atomic mass is 10.3. The lowest BCUT2D eigenvalue weighted by Gasteiger charge is -2.07. The van der Waals surface area contributed by atoms with Gasteiger partial charge in [0, 0.05) is 11.1 Å². The van der Waals surface area contributed by atoms with Gasteiger partial charge < -0.3 is 9.84 Å². The van der Waals surface area contributed by atoms with Gasteiger partial charge in [-0.3, -0.25) is 0 Å². The molecule has 1 heterocycles. The average molecular weight is 261 g/mol. The number of hydrogen-bond donors (Lipinski definition) is 1. The summed E-state index contributed by atoms with van der Waals surface area (Å²) in [6.45, 7) is 0. The number of benzene rings is 1. The smallest absolute Gasteiger partial charge is 0.354 e. The number of aromatic nitrogens is 1. The van der Waals surface area contributed by atoms with Crippen LogP contribution in [0.5, 0.6) is 5.75 Å². The van der Waals surface area contributed by atoms with Gasteiger partial charge in [-0.25, -0.2) is 9.78 Å². The predicted octanol–water partition coefficient (Wildman–Crippen LogP) is 2.94. The van der Waals surface area contributed by atoms with Crippen molar-refractivity contribution in [3.63, 3.8) is 0 Å². The number of rotatable bonds is 4. The van der Waals surface area contributed by atoms with E-state index in [9.17, 15) is 4.79 Å². The van der Waals surface area contributed by atoms with Crippen molar-refractivity contribution in [2.75, 3.05) is 7.11 Å². The molecule has 0 amide bonds. The molecule has 1 aromatic heterocycles. The summed E-state index contributed by atoms with van der Waals surface area (Å²) >= 11 is 1.44. The standard InChI is InChI=1S/C13H11NO3S/c1-17-11-4-2-3-5-12(11)18-9-6-7-14-10(8-9)13(15)16/h2-8H,1H3,(H,15,16). The highest BCUT2D eigenvalue weighted by Crippen LogP contribution is 2.34. The van der Waals surface area contributed by atoms with E-state index in [1.807, 2.05) is 24.3 Å². The fourth-order valence-corrected chi connectivity index (χ4v) is 2.37. The van der Waals surface area contributed by atoms with Crippen molar-refractivity contribution in [1.29, 1.82) is 0 Å². The Morgan fingerprint density at radius 2 is 2.11 bits per heavy atom. The number of carbonyl (C=O) groups is 1. The molecule has 0 fully saturated rings. The molecule has 18 heavy (non-hydrogen) atoms. The minimum Gasteiger partial charge on any atom is -0.496 e. The molecule has 0 aliphatic heterocycles. The number of aromatic carboxylic acids is 1. The molecule has 0 saturated heterocycles. The van der Waals surface area contributed by atoms with Crippen LogP contribution in [0.15, 0.2) is 52.4 Å². The number of hydrogen-bond acceptors (Lipinski definition) is 4. The molecule has 0 saturated carbocycles. The summed E-state index contributed by atoms with van der Waals surface area (Å²) in [7, 11) is 1.61. The Labute approximate surface area is 109 Å². The minimum absolute atomic E-state index is 0.0369. The van der Waals surface area contributed by atoms with Crippen LogP contribution in [0, 0.1) is 0 Å². The molecular weight excluding hydrogens is 250 g/mol. The highest BCUT2D eigenvalue weighted by atomic mass is 32.2. The maximum absolute atomic E-state index is 10.8. The van der Waals surface area contributed by atoms with E-state index in [1.165, 1.54) is 18.0 Å². The summed E-state index contributed by atoms with van der Waals surface area (Å²) < 4.78 is 5.24. The molecule has 2 aromatic rings. The van der Waals surface area contributed by atoms with E-state index in [0.29, 0.717) is 0 Å². The van der Waals surface area contributed by atoms with Gasteiger partial charge in [0.05, 0.1) is 12.0 Å². The van der Waals surface area contributed by atoms with Gasteiger partial charge in [0.25, 0.3) is 0 Å². The van der Waals surface area contributed by atoms with E-state index in [1.54, 1.807) is 19.2 Å². The van der Waals surface area contributed by atoms with Crippen molar-refractivity contribution in [3.05, 3.63) is 48.3 Å². The number of ether oxygens (including phenoxy) is 1. The SMILES string of the molecule is COc1ccccc1Sc1ccnc(C(=O)O)c1. The molecule has 0 atom stereocenters. The maximum atomic E-state index is 10.8. The van der Waals surface area contributed by atoms with E-state index >= 15 is 0 Å². The van der Waals surface area contributed by atoms with Crippen LogP contribution in [0.3, 0.4) is 0 Å². The van der Waals surface area contributed by atoms with Crippen molar-refractivity contribution in [2.45, 2.75) is 9.79 Å². The van der Waals surface area contributed by atoms with E-state index in [2.05, 4.69) is 4.98 Å². The first-order valence-corrected chi connectivity index (χ1v) is 6.02. The maximum Gasteiger partial charge on any atom is 0.354 e. The van der Waals surface area contributed by atoms with Crippen LogP contribution in [-0.4, -0.2) is 23.2 Å². The summed E-state index contributed by atoms with van der Waals surface area (Å²) in [6, 6.07) is 10.9. The fraction of sp³-hybridized carbons (Fsp3) is 0.0769. The van der Waals surface area contributed by atoms with Crippen molar-refractivity contribution in [1.82, 2.24) is 4.98 Å². The van der Waals surface area contributed by atoms with Gasteiger partial charge in [0.2, 0.25) is 0 Å². The van der Waals surface area contributed by atoms with E-state index in [-0.39, 0.29) is 5.69 Å². The van der Waals surface area contributed by atoms with Crippen molar-refractivity contribution < 1.29 is 14.6 Å². The van der Waals surface area contributed by atoms with Gasteiger partial charge in [0.15, 0.2) is 0 Å². The Bertz CT molecular complexity index is 572. The third kappa shape index (κ3) is 2.81. The Hall–Kier alpha value is -2.01. The first kappa shape index (κ1) is 12.4. The number of para-hydroxylation sites is 1. The zero-order valence-electron chi connectivity index (χ0n) is 9.66. The van der Waals surface area contributed by atoms with Gasteiger partial charge in [-0.05, 0) is 24.3 Å². The zero-order chi connectivity index (χ0) is 13.0. The number of carboxylic acids is 1. The normalized spacial score (nSPS) is 10.1. The molecule has 0 radical (unpaired) electrons. The van der Waals surface area contributed by atoms with Crippen LogP contribution in [-0.2, 0) is 0 Å². The molecule has 0 aliphatic rings. The lowest BCUT2D eigenvalue weighted by molar-refractivity contribution is 0.0690. The quantitative estimate of drug-likeness (QED) is 0.917. The molecule has 5 heteroatoms. The van der Waals surface area contributed by atoms with Crippen LogP contribution < -0.4 is 4.74 Å². The summed E-state index contributed by atoms with van der Waals surface area (Å²) in [5, 5.41) is 8.88. The van der Waals surface area contributed by atoms with Crippen LogP contribution in [0.4, 0.5) is 0 Å². The summed E-state index contributed by atoms with van der Waals surface area (Å²) in [5.74, 6) is -0.270. The summed E-state index contributed by atoms with van der Waals surface area (Å²) in [5.41, 5.74) is 0.0369.